The predicted octanol–water partition coefficient (Wildman–Crippen LogP) is 4.62. The average Bonchev–Trinajstić information content (AvgIpc) is 3.22. The minimum Gasteiger partial charge on any atom is -0.479 e. The number of rotatable bonds is 1. The molecule has 1 fully saturated rings. The minimum absolute atomic E-state index is 0.115. The molecule has 0 radical (unpaired) electrons. The second kappa shape index (κ2) is 6.26. The maximum absolute atomic E-state index is 13.0. The van der Waals surface area contributed by atoms with Gasteiger partial charge in [-0.05, 0) is 61.4 Å². The molecule has 0 aliphatic carbocycles. The van der Waals surface area contributed by atoms with E-state index in [1.165, 1.54) is 11.3 Å². The molecule has 1 spiro atoms. The topological polar surface area (TPSA) is 34.5 Å². The normalized spacial score (nSPS) is 17.0. The zero-order valence-corrected chi connectivity index (χ0v) is 16.3. The number of fused-ring (bicyclic) bond motifs is 4. The van der Waals surface area contributed by atoms with Gasteiger partial charge in [0.05, 0.1) is 11.4 Å². The summed E-state index contributed by atoms with van der Waals surface area (Å²) < 4.78 is 8.79. The SMILES string of the molecule is Cc1ccc(C(=O)N2CCC3(CC2)Oc2ccccc2-n2cccc23)cc1C. The highest BCUT2D eigenvalue weighted by Gasteiger charge is 2.44. The Morgan fingerprint density at radius 1 is 0.964 bits per heavy atom. The number of benzene rings is 2. The van der Waals surface area contributed by atoms with E-state index in [1.807, 2.05) is 41.3 Å². The Kier molecular flexibility index (Phi) is 3.83. The van der Waals surface area contributed by atoms with E-state index in [1.54, 1.807) is 0 Å². The molecule has 0 atom stereocenters. The van der Waals surface area contributed by atoms with Crippen molar-refractivity contribution in [1.82, 2.24) is 9.47 Å². The van der Waals surface area contributed by atoms with Crippen molar-refractivity contribution in [1.29, 1.82) is 0 Å². The Hall–Kier alpha value is -3.01. The van der Waals surface area contributed by atoms with Crippen LogP contribution in [0.4, 0.5) is 0 Å². The summed E-state index contributed by atoms with van der Waals surface area (Å²) in [5.41, 5.74) is 5.05. The largest absolute Gasteiger partial charge is 0.479 e. The number of ether oxygens (including phenoxy) is 1. The smallest absolute Gasteiger partial charge is 0.253 e. The maximum atomic E-state index is 13.0. The molecule has 1 amide bonds. The van der Waals surface area contributed by atoms with Gasteiger partial charge in [0.25, 0.3) is 5.91 Å². The number of para-hydroxylation sites is 2. The van der Waals surface area contributed by atoms with Crippen LogP contribution in [0.2, 0.25) is 0 Å². The molecule has 142 valence electrons. The van der Waals surface area contributed by atoms with Crippen molar-refractivity contribution < 1.29 is 9.53 Å². The zero-order chi connectivity index (χ0) is 19.3. The lowest BCUT2D eigenvalue weighted by molar-refractivity contribution is -0.00931. The van der Waals surface area contributed by atoms with Crippen molar-refractivity contribution in [2.24, 2.45) is 0 Å². The van der Waals surface area contributed by atoms with Gasteiger partial charge in [-0.2, -0.15) is 0 Å². The number of carbonyl (C=O) groups is 1. The fourth-order valence-corrected chi connectivity index (χ4v) is 4.45. The minimum atomic E-state index is -0.363. The first-order valence-electron chi connectivity index (χ1n) is 9.90. The number of hydrogen-bond donors (Lipinski definition) is 0. The lowest BCUT2D eigenvalue weighted by atomic mass is 9.86. The van der Waals surface area contributed by atoms with Gasteiger partial charge in [0.15, 0.2) is 5.60 Å². The van der Waals surface area contributed by atoms with Crippen LogP contribution in [0.25, 0.3) is 5.69 Å². The first-order chi connectivity index (χ1) is 13.6. The van der Waals surface area contributed by atoms with Gasteiger partial charge in [0.2, 0.25) is 0 Å². The van der Waals surface area contributed by atoms with Crippen LogP contribution < -0.4 is 4.74 Å². The van der Waals surface area contributed by atoms with Crippen molar-refractivity contribution >= 4 is 5.91 Å². The zero-order valence-electron chi connectivity index (χ0n) is 16.3. The van der Waals surface area contributed by atoms with Crippen molar-refractivity contribution in [2.45, 2.75) is 32.3 Å². The molecule has 0 bridgehead atoms. The first-order valence-corrected chi connectivity index (χ1v) is 9.90. The second-order valence-corrected chi connectivity index (χ2v) is 7.92. The first kappa shape index (κ1) is 17.1. The third-order valence-corrected chi connectivity index (χ3v) is 6.26. The highest BCUT2D eigenvalue weighted by molar-refractivity contribution is 5.94. The molecule has 2 aliphatic heterocycles. The van der Waals surface area contributed by atoms with Gasteiger partial charge < -0.3 is 14.2 Å². The van der Waals surface area contributed by atoms with Crippen LogP contribution in [-0.2, 0) is 5.60 Å². The van der Waals surface area contributed by atoms with Gasteiger partial charge >= 0.3 is 0 Å². The number of likely N-dealkylation sites (tertiary alicyclic amines) is 1. The molecule has 0 N–H and O–H groups in total. The van der Waals surface area contributed by atoms with Crippen molar-refractivity contribution in [3.8, 4) is 11.4 Å². The molecule has 3 heterocycles. The summed E-state index contributed by atoms with van der Waals surface area (Å²) in [7, 11) is 0. The quantitative estimate of drug-likeness (QED) is 0.625. The molecule has 0 unspecified atom stereocenters. The fourth-order valence-electron chi connectivity index (χ4n) is 4.45. The number of carbonyl (C=O) groups excluding carboxylic acids is 1. The summed E-state index contributed by atoms with van der Waals surface area (Å²) >= 11 is 0. The lowest BCUT2D eigenvalue weighted by Gasteiger charge is -2.45. The lowest BCUT2D eigenvalue weighted by Crippen LogP contribution is -2.50. The Morgan fingerprint density at radius 2 is 1.75 bits per heavy atom. The van der Waals surface area contributed by atoms with E-state index in [-0.39, 0.29) is 11.5 Å². The maximum Gasteiger partial charge on any atom is 0.253 e. The van der Waals surface area contributed by atoms with Crippen molar-refractivity contribution in [3.63, 3.8) is 0 Å². The summed E-state index contributed by atoms with van der Waals surface area (Å²) in [5, 5.41) is 0. The molecule has 3 aromatic rings. The third kappa shape index (κ3) is 2.55. The van der Waals surface area contributed by atoms with E-state index in [2.05, 4.69) is 42.8 Å². The predicted molar refractivity (Wildman–Crippen MR) is 109 cm³/mol. The summed E-state index contributed by atoms with van der Waals surface area (Å²) in [4.78, 5) is 15.0. The summed E-state index contributed by atoms with van der Waals surface area (Å²) in [5.74, 6) is 1.03. The summed E-state index contributed by atoms with van der Waals surface area (Å²) in [6.45, 7) is 5.51. The number of amides is 1. The standard InChI is InChI=1S/C24H24N2O2/c1-17-9-10-19(16-18(17)2)23(27)25-14-11-24(12-15-25)22-8-5-13-26(22)20-6-3-4-7-21(20)28-24/h3-10,13,16H,11-12,14-15H2,1-2H3. The van der Waals surface area contributed by atoms with E-state index in [0.717, 1.165) is 35.4 Å². The molecule has 2 aliphatic rings. The van der Waals surface area contributed by atoms with Crippen LogP contribution in [0.3, 0.4) is 0 Å². The van der Waals surface area contributed by atoms with Gasteiger partial charge in [-0.15, -0.1) is 0 Å². The van der Waals surface area contributed by atoms with Crippen molar-refractivity contribution in [3.05, 3.63) is 83.2 Å². The van der Waals surface area contributed by atoms with E-state index in [4.69, 9.17) is 4.74 Å². The second-order valence-electron chi connectivity index (χ2n) is 7.92. The summed E-state index contributed by atoms with van der Waals surface area (Å²) in [6, 6.07) is 18.4. The van der Waals surface area contributed by atoms with E-state index in [9.17, 15) is 4.79 Å². The van der Waals surface area contributed by atoms with Gasteiger partial charge in [-0.25, -0.2) is 0 Å². The highest BCUT2D eigenvalue weighted by Crippen LogP contribution is 2.45. The van der Waals surface area contributed by atoms with Crippen LogP contribution >= 0.6 is 0 Å². The van der Waals surface area contributed by atoms with Crippen LogP contribution in [0, 0.1) is 13.8 Å². The monoisotopic (exact) mass is 372 g/mol. The molecule has 4 nitrogen and oxygen atoms in total. The molecular weight excluding hydrogens is 348 g/mol. The Morgan fingerprint density at radius 3 is 2.54 bits per heavy atom. The molecule has 1 aromatic heterocycles. The van der Waals surface area contributed by atoms with Gasteiger partial charge in [-0.3, -0.25) is 4.79 Å². The van der Waals surface area contributed by atoms with Gasteiger partial charge in [0.1, 0.15) is 5.75 Å². The van der Waals surface area contributed by atoms with E-state index < -0.39 is 0 Å². The highest BCUT2D eigenvalue weighted by atomic mass is 16.5. The average molecular weight is 372 g/mol. The van der Waals surface area contributed by atoms with Crippen molar-refractivity contribution in [2.75, 3.05) is 13.1 Å². The van der Waals surface area contributed by atoms with E-state index >= 15 is 0 Å². The third-order valence-electron chi connectivity index (χ3n) is 6.26. The summed E-state index contributed by atoms with van der Waals surface area (Å²) in [6.07, 6.45) is 3.69. The Balaban J connectivity index is 1.40. The fraction of sp³-hybridized carbons (Fsp3) is 0.292. The van der Waals surface area contributed by atoms with Crippen LogP contribution in [0.15, 0.2) is 60.8 Å². The molecule has 2 aromatic carbocycles. The molecule has 28 heavy (non-hydrogen) atoms. The van der Waals surface area contributed by atoms with Gasteiger partial charge in [-0.1, -0.05) is 18.2 Å². The molecular formula is C24H24N2O2. The molecule has 4 heteroatoms. The van der Waals surface area contributed by atoms with Crippen LogP contribution in [0.1, 0.15) is 40.0 Å². The number of nitrogens with zero attached hydrogens (tertiary/aromatic N) is 2. The number of aryl methyl sites for hydroxylation is 2. The van der Waals surface area contributed by atoms with Crippen LogP contribution in [-0.4, -0.2) is 28.5 Å². The number of aromatic nitrogens is 1. The number of piperidine rings is 1. The van der Waals surface area contributed by atoms with Crippen LogP contribution in [0.5, 0.6) is 5.75 Å². The Labute approximate surface area is 165 Å². The molecule has 1 saturated heterocycles. The van der Waals surface area contributed by atoms with E-state index in [0.29, 0.717) is 13.1 Å². The Bertz CT molecular complexity index is 1060. The molecule has 5 rings (SSSR count). The van der Waals surface area contributed by atoms with Gasteiger partial charge in [0, 0.05) is 37.7 Å². The number of hydrogen-bond acceptors (Lipinski definition) is 2. The molecule has 0 saturated carbocycles.